The van der Waals surface area contributed by atoms with Crippen molar-refractivity contribution in [2.45, 2.75) is 46.1 Å². The lowest BCUT2D eigenvalue weighted by atomic mass is 9.79. The Balaban J connectivity index is 1.97. The molecule has 3 rings (SSSR count). The van der Waals surface area contributed by atoms with Gasteiger partial charge in [-0.05, 0) is 61.1 Å². The average Bonchev–Trinajstić information content (AvgIpc) is 2.75. The highest BCUT2D eigenvalue weighted by Crippen LogP contribution is 2.37. The molecule has 3 unspecified atom stereocenters. The van der Waals surface area contributed by atoms with Crippen molar-refractivity contribution in [1.29, 1.82) is 0 Å². The summed E-state index contributed by atoms with van der Waals surface area (Å²) >= 11 is 0. The highest BCUT2D eigenvalue weighted by atomic mass is 15.0. The molecule has 0 radical (unpaired) electrons. The number of nitrogens with zero attached hydrogens (tertiary/aromatic N) is 1. The minimum atomic E-state index is 0.704. The van der Waals surface area contributed by atoms with E-state index in [1.807, 2.05) is 0 Å². The fraction of sp³-hybridized carbons (Fsp3) is 0.529. The monoisotopic (exact) mass is 241 g/mol. The van der Waals surface area contributed by atoms with E-state index in [2.05, 4.69) is 55.8 Å². The van der Waals surface area contributed by atoms with Gasteiger partial charge in [-0.2, -0.15) is 0 Å². The van der Waals surface area contributed by atoms with Crippen LogP contribution >= 0.6 is 0 Å². The van der Waals surface area contributed by atoms with E-state index in [0.717, 1.165) is 11.8 Å². The van der Waals surface area contributed by atoms with Gasteiger partial charge in [0.1, 0.15) is 0 Å². The van der Waals surface area contributed by atoms with Gasteiger partial charge in [-0.15, -0.1) is 0 Å². The van der Waals surface area contributed by atoms with Gasteiger partial charge in [0.25, 0.3) is 0 Å². The largest absolute Gasteiger partial charge is 0.344 e. The van der Waals surface area contributed by atoms with Crippen LogP contribution in [0.25, 0.3) is 10.9 Å². The van der Waals surface area contributed by atoms with Crippen LogP contribution in [-0.4, -0.2) is 4.57 Å². The van der Waals surface area contributed by atoms with E-state index < -0.39 is 0 Å². The number of rotatable bonds is 1. The van der Waals surface area contributed by atoms with Crippen LogP contribution in [0.15, 0.2) is 30.5 Å². The first-order valence-corrected chi connectivity index (χ1v) is 7.22. The first-order valence-electron chi connectivity index (χ1n) is 7.22. The third-order valence-electron chi connectivity index (χ3n) is 4.84. The number of hydrogen-bond acceptors (Lipinski definition) is 0. The number of aryl methyl sites for hydroxylation is 1. The Morgan fingerprint density at radius 2 is 1.89 bits per heavy atom. The summed E-state index contributed by atoms with van der Waals surface area (Å²) in [5.41, 5.74) is 2.78. The molecule has 0 amide bonds. The molecule has 0 spiro atoms. The van der Waals surface area contributed by atoms with Crippen LogP contribution in [0.2, 0.25) is 0 Å². The van der Waals surface area contributed by atoms with Gasteiger partial charge in [0.05, 0.1) is 0 Å². The van der Waals surface area contributed by atoms with Gasteiger partial charge in [0, 0.05) is 17.8 Å². The van der Waals surface area contributed by atoms with E-state index >= 15 is 0 Å². The van der Waals surface area contributed by atoms with Crippen LogP contribution < -0.4 is 0 Å². The molecule has 0 N–H and O–H groups in total. The fourth-order valence-corrected chi connectivity index (χ4v) is 3.35. The first kappa shape index (κ1) is 11.8. The molecule has 0 aliphatic heterocycles. The Morgan fingerprint density at radius 3 is 2.67 bits per heavy atom. The summed E-state index contributed by atoms with van der Waals surface area (Å²) in [6, 6.07) is 9.75. The standard InChI is InChI=1S/C17H23N/c1-12-4-6-15-8-9-18(17(15)10-12)16-7-5-13(2)14(3)11-16/h4,6,8-10,13-14,16H,5,7,11H2,1-3H3. The zero-order valence-electron chi connectivity index (χ0n) is 11.7. The summed E-state index contributed by atoms with van der Waals surface area (Å²) in [5.74, 6) is 1.75. The van der Waals surface area contributed by atoms with Crippen LogP contribution in [0.1, 0.15) is 44.7 Å². The van der Waals surface area contributed by atoms with Crippen molar-refractivity contribution >= 4 is 10.9 Å². The number of aromatic nitrogens is 1. The SMILES string of the molecule is Cc1ccc2ccn(C3CCC(C)C(C)C3)c2c1. The second kappa shape index (κ2) is 4.46. The van der Waals surface area contributed by atoms with Crippen molar-refractivity contribution in [2.24, 2.45) is 11.8 Å². The van der Waals surface area contributed by atoms with Gasteiger partial charge in [0.2, 0.25) is 0 Å². The molecule has 1 heteroatoms. The zero-order chi connectivity index (χ0) is 12.7. The van der Waals surface area contributed by atoms with Gasteiger partial charge < -0.3 is 4.57 Å². The minimum absolute atomic E-state index is 0.704. The fourth-order valence-electron chi connectivity index (χ4n) is 3.35. The van der Waals surface area contributed by atoms with Crippen molar-refractivity contribution in [1.82, 2.24) is 4.57 Å². The van der Waals surface area contributed by atoms with Crippen LogP contribution in [0, 0.1) is 18.8 Å². The lowest BCUT2D eigenvalue weighted by Gasteiger charge is -2.33. The first-order chi connectivity index (χ1) is 8.65. The Morgan fingerprint density at radius 1 is 1.06 bits per heavy atom. The quantitative estimate of drug-likeness (QED) is 0.666. The Kier molecular flexibility index (Phi) is 2.93. The zero-order valence-corrected chi connectivity index (χ0v) is 11.7. The van der Waals surface area contributed by atoms with E-state index in [1.165, 1.54) is 35.7 Å². The van der Waals surface area contributed by atoms with Gasteiger partial charge in [-0.3, -0.25) is 0 Å². The summed E-state index contributed by atoms with van der Waals surface area (Å²) < 4.78 is 2.52. The van der Waals surface area contributed by atoms with Crippen molar-refractivity contribution in [2.75, 3.05) is 0 Å². The van der Waals surface area contributed by atoms with Crippen LogP contribution in [0.4, 0.5) is 0 Å². The van der Waals surface area contributed by atoms with E-state index in [1.54, 1.807) is 0 Å². The molecule has 1 aromatic heterocycles. The number of fused-ring (bicyclic) bond motifs is 1. The molecule has 2 aromatic rings. The molecule has 1 aromatic carbocycles. The maximum atomic E-state index is 2.52. The molecule has 1 nitrogen and oxygen atoms in total. The van der Waals surface area contributed by atoms with Crippen molar-refractivity contribution < 1.29 is 0 Å². The third kappa shape index (κ3) is 1.96. The van der Waals surface area contributed by atoms with E-state index in [0.29, 0.717) is 6.04 Å². The predicted molar refractivity (Wildman–Crippen MR) is 77.9 cm³/mol. The predicted octanol–water partition coefficient (Wildman–Crippen LogP) is 4.95. The third-order valence-corrected chi connectivity index (χ3v) is 4.84. The Bertz CT molecular complexity index is 552. The Hall–Kier alpha value is -1.24. The van der Waals surface area contributed by atoms with Gasteiger partial charge >= 0.3 is 0 Å². The highest BCUT2D eigenvalue weighted by Gasteiger charge is 2.25. The second-order valence-corrected chi connectivity index (χ2v) is 6.21. The highest BCUT2D eigenvalue weighted by molar-refractivity contribution is 5.80. The number of hydrogen-bond donors (Lipinski definition) is 0. The summed E-state index contributed by atoms with van der Waals surface area (Å²) in [5, 5.41) is 1.38. The summed E-state index contributed by atoms with van der Waals surface area (Å²) in [4.78, 5) is 0. The summed E-state index contributed by atoms with van der Waals surface area (Å²) in [7, 11) is 0. The molecule has 18 heavy (non-hydrogen) atoms. The molecule has 0 bridgehead atoms. The molecule has 1 heterocycles. The second-order valence-electron chi connectivity index (χ2n) is 6.21. The molecule has 0 saturated heterocycles. The topological polar surface area (TPSA) is 4.93 Å². The molecule has 1 aliphatic rings. The molecule has 1 saturated carbocycles. The van der Waals surface area contributed by atoms with E-state index in [4.69, 9.17) is 0 Å². The van der Waals surface area contributed by atoms with E-state index in [9.17, 15) is 0 Å². The molecule has 1 aliphatic carbocycles. The lowest BCUT2D eigenvalue weighted by Crippen LogP contribution is -2.22. The molecular formula is C17H23N. The van der Waals surface area contributed by atoms with Crippen LogP contribution in [0.3, 0.4) is 0 Å². The van der Waals surface area contributed by atoms with Crippen molar-refractivity contribution in [3.63, 3.8) is 0 Å². The number of benzene rings is 1. The van der Waals surface area contributed by atoms with Gasteiger partial charge in [-0.25, -0.2) is 0 Å². The average molecular weight is 241 g/mol. The van der Waals surface area contributed by atoms with Crippen molar-refractivity contribution in [3.05, 3.63) is 36.0 Å². The van der Waals surface area contributed by atoms with Crippen LogP contribution in [0.5, 0.6) is 0 Å². The normalized spacial score (nSPS) is 28.7. The summed E-state index contributed by atoms with van der Waals surface area (Å²) in [6.07, 6.45) is 6.33. The van der Waals surface area contributed by atoms with Crippen molar-refractivity contribution in [3.8, 4) is 0 Å². The van der Waals surface area contributed by atoms with Crippen LogP contribution in [-0.2, 0) is 0 Å². The lowest BCUT2D eigenvalue weighted by molar-refractivity contribution is 0.214. The minimum Gasteiger partial charge on any atom is -0.344 e. The van der Waals surface area contributed by atoms with Gasteiger partial charge in [0.15, 0.2) is 0 Å². The molecular weight excluding hydrogens is 218 g/mol. The maximum Gasteiger partial charge on any atom is 0.0485 e. The Labute approximate surface area is 110 Å². The molecule has 3 atom stereocenters. The summed E-state index contributed by atoms with van der Waals surface area (Å²) in [6.45, 7) is 6.99. The maximum absolute atomic E-state index is 2.52. The van der Waals surface area contributed by atoms with E-state index in [-0.39, 0.29) is 0 Å². The smallest absolute Gasteiger partial charge is 0.0485 e. The molecule has 1 fully saturated rings. The molecule has 96 valence electrons. The van der Waals surface area contributed by atoms with Gasteiger partial charge in [-0.1, -0.05) is 26.0 Å².